The number of halogens is 1. The zero-order valence-electron chi connectivity index (χ0n) is 17.0. The zero-order valence-corrected chi connectivity index (χ0v) is 19.7. The van der Waals surface area contributed by atoms with E-state index in [1.165, 1.54) is 63.2 Å². The molecule has 0 bridgehead atoms. The summed E-state index contributed by atoms with van der Waals surface area (Å²) in [7, 11) is -0.835. The predicted molar refractivity (Wildman–Crippen MR) is 123 cm³/mol. The number of carbonyl (C=O) groups is 1. The number of hydrogen-bond donors (Lipinski definition) is 0. The standard InChI is InChI=1S/C22H38O2P.BrH/c1-4-7-16-25(17-8-5-2,18-9-6-3)19-12-15-24-22-14-11-10-13-21(22)20-23;/h10-11,13-14,20H,4-9,12,15-19H2,1-3H3;1H/q+1;. The molecule has 0 aliphatic carbocycles. The molecule has 26 heavy (non-hydrogen) atoms. The average molecular weight is 446 g/mol. The summed E-state index contributed by atoms with van der Waals surface area (Å²) in [5.74, 6) is 0.733. The molecule has 0 fully saturated rings. The maximum Gasteiger partial charge on any atom is 0.153 e. The summed E-state index contributed by atoms with van der Waals surface area (Å²) in [4.78, 5) is 11.1. The van der Waals surface area contributed by atoms with E-state index in [0.717, 1.165) is 25.1 Å². The van der Waals surface area contributed by atoms with Crippen LogP contribution in [0.3, 0.4) is 0 Å². The number of para-hydroxylation sites is 1. The van der Waals surface area contributed by atoms with Gasteiger partial charge in [-0.1, -0.05) is 52.2 Å². The summed E-state index contributed by atoms with van der Waals surface area (Å²) in [5, 5.41) is 0. The van der Waals surface area contributed by atoms with Crippen LogP contribution >= 0.6 is 24.2 Å². The molecule has 150 valence electrons. The van der Waals surface area contributed by atoms with Crippen LogP contribution < -0.4 is 4.74 Å². The third-order valence-corrected chi connectivity index (χ3v) is 10.1. The van der Waals surface area contributed by atoms with E-state index in [1.807, 2.05) is 24.3 Å². The van der Waals surface area contributed by atoms with E-state index in [4.69, 9.17) is 4.74 Å². The van der Waals surface area contributed by atoms with Gasteiger partial charge in [0.25, 0.3) is 0 Å². The van der Waals surface area contributed by atoms with Gasteiger partial charge in [-0.25, -0.2) is 0 Å². The quantitative estimate of drug-likeness (QED) is 0.161. The van der Waals surface area contributed by atoms with Crippen molar-refractivity contribution in [2.75, 3.05) is 31.3 Å². The van der Waals surface area contributed by atoms with Crippen molar-refractivity contribution in [3.8, 4) is 5.75 Å². The third kappa shape index (κ3) is 9.51. The second-order valence-corrected chi connectivity index (χ2v) is 11.6. The van der Waals surface area contributed by atoms with Gasteiger partial charge in [-0.05, 0) is 31.4 Å². The molecule has 0 N–H and O–H groups in total. The highest BCUT2D eigenvalue weighted by Crippen LogP contribution is 2.61. The van der Waals surface area contributed by atoms with Crippen molar-refractivity contribution in [1.82, 2.24) is 0 Å². The number of rotatable bonds is 15. The molecule has 1 rings (SSSR count). The van der Waals surface area contributed by atoms with E-state index in [2.05, 4.69) is 20.8 Å². The lowest BCUT2D eigenvalue weighted by molar-refractivity contribution is 0.111. The van der Waals surface area contributed by atoms with Crippen LogP contribution in [0.15, 0.2) is 24.3 Å². The summed E-state index contributed by atoms with van der Waals surface area (Å²) in [6, 6.07) is 7.54. The van der Waals surface area contributed by atoms with Crippen molar-refractivity contribution in [2.24, 2.45) is 0 Å². The smallest absolute Gasteiger partial charge is 0.153 e. The van der Waals surface area contributed by atoms with E-state index >= 15 is 0 Å². The Morgan fingerprint density at radius 2 is 1.35 bits per heavy atom. The Morgan fingerprint density at radius 1 is 0.846 bits per heavy atom. The summed E-state index contributed by atoms with van der Waals surface area (Å²) in [6.45, 7) is 7.67. The lowest BCUT2D eigenvalue weighted by Gasteiger charge is -2.28. The molecule has 0 saturated heterocycles. The monoisotopic (exact) mass is 445 g/mol. The number of carbonyl (C=O) groups excluding carboxylic acids is 1. The molecular weight excluding hydrogens is 407 g/mol. The van der Waals surface area contributed by atoms with E-state index in [1.54, 1.807) is 0 Å². The van der Waals surface area contributed by atoms with Crippen LogP contribution in [0.1, 0.15) is 76.1 Å². The summed E-state index contributed by atoms with van der Waals surface area (Å²) < 4.78 is 5.92. The first-order valence-electron chi connectivity index (χ1n) is 10.2. The van der Waals surface area contributed by atoms with Crippen LogP contribution in [0.4, 0.5) is 0 Å². The summed E-state index contributed by atoms with van der Waals surface area (Å²) >= 11 is 0. The van der Waals surface area contributed by atoms with Gasteiger partial charge in [-0.15, -0.1) is 17.0 Å². The molecule has 0 saturated carbocycles. The van der Waals surface area contributed by atoms with Crippen LogP contribution in [-0.2, 0) is 0 Å². The minimum atomic E-state index is -0.835. The van der Waals surface area contributed by atoms with Gasteiger partial charge >= 0.3 is 0 Å². The fraction of sp³-hybridized carbons (Fsp3) is 0.682. The lowest BCUT2D eigenvalue weighted by atomic mass is 10.2. The maximum absolute atomic E-state index is 11.1. The van der Waals surface area contributed by atoms with Crippen LogP contribution in [0, 0.1) is 0 Å². The van der Waals surface area contributed by atoms with Gasteiger partial charge in [0.2, 0.25) is 0 Å². The minimum absolute atomic E-state index is 0. The number of aldehydes is 1. The van der Waals surface area contributed by atoms with Gasteiger partial charge in [0.05, 0.1) is 36.8 Å². The molecular formula is C22H39BrO2P+. The highest BCUT2D eigenvalue weighted by atomic mass is 79.9. The Hall–Kier alpha value is -0.400. The first-order chi connectivity index (χ1) is 12.2. The first kappa shape index (κ1) is 25.6. The molecule has 0 atom stereocenters. The van der Waals surface area contributed by atoms with E-state index < -0.39 is 7.26 Å². The van der Waals surface area contributed by atoms with Crippen molar-refractivity contribution >= 4 is 30.5 Å². The van der Waals surface area contributed by atoms with Crippen LogP contribution in [0.5, 0.6) is 5.75 Å². The van der Waals surface area contributed by atoms with Crippen LogP contribution in [-0.4, -0.2) is 37.5 Å². The molecule has 0 spiro atoms. The van der Waals surface area contributed by atoms with Crippen molar-refractivity contribution < 1.29 is 9.53 Å². The van der Waals surface area contributed by atoms with Gasteiger partial charge in [0.1, 0.15) is 5.75 Å². The first-order valence-corrected chi connectivity index (χ1v) is 12.8. The van der Waals surface area contributed by atoms with E-state index in [9.17, 15) is 4.79 Å². The Balaban J connectivity index is 0.00000625. The Kier molecular flexibility index (Phi) is 15.4. The third-order valence-electron chi connectivity index (χ3n) is 5.04. The van der Waals surface area contributed by atoms with Gasteiger partial charge in [0, 0.05) is 13.7 Å². The average Bonchev–Trinajstić information content (AvgIpc) is 2.66. The van der Waals surface area contributed by atoms with Gasteiger partial charge < -0.3 is 4.74 Å². The van der Waals surface area contributed by atoms with Gasteiger partial charge in [-0.2, -0.15) is 0 Å². The molecule has 0 amide bonds. The topological polar surface area (TPSA) is 26.3 Å². The largest absolute Gasteiger partial charge is 0.493 e. The lowest BCUT2D eigenvalue weighted by Crippen LogP contribution is -2.15. The second-order valence-electron chi connectivity index (χ2n) is 7.15. The molecule has 0 aromatic heterocycles. The molecule has 1 aromatic carbocycles. The van der Waals surface area contributed by atoms with E-state index in [-0.39, 0.29) is 17.0 Å². The molecule has 0 aliphatic heterocycles. The second kappa shape index (κ2) is 15.6. The molecule has 1 aromatic rings. The predicted octanol–water partition coefficient (Wildman–Crippen LogP) is 7.26. The van der Waals surface area contributed by atoms with E-state index in [0.29, 0.717) is 5.56 Å². The van der Waals surface area contributed by atoms with Crippen molar-refractivity contribution in [3.05, 3.63) is 29.8 Å². The molecule has 4 heteroatoms. The Labute approximate surface area is 172 Å². The van der Waals surface area contributed by atoms with Gasteiger partial charge in [0.15, 0.2) is 6.29 Å². The van der Waals surface area contributed by atoms with Crippen molar-refractivity contribution in [3.63, 3.8) is 0 Å². The molecule has 0 unspecified atom stereocenters. The summed E-state index contributed by atoms with van der Waals surface area (Å²) in [5.41, 5.74) is 0.659. The molecule has 0 aliphatic rings. The fourth-order valence-electron chi connectivity index (χ4n) is 3.44. The number of unbranched alkanes of at least 4 members (excludes halogenated alkanes) is 3. The number of ether oxygens (including phenoxy) is 1. The minimum Gasteiger partial charge on any atom is -0.493 e. The normalized spacial score (nSPS) is 11.0. The molecule has 0 radical (unpaired) electrons. The van der Waals surface area contributed by atoms with Crippen molar-refractivity contribution in [2.45, 2.75) is 65.7 Å². The highest BCUT2D eigenvalue weighted by molar-refractivity contribution is 8.93. The molecule has 2 nitrogen and oxygen atoms in total. The Morgan fingerprint density at radius 3 is 1.85 bits per heavy atom. The zero-order chi connectivity index (χ0) is 18.4. The fourth-order valence-corrected chi connectivity index (χ4v) is 8.55. The van der Waals surface area contributed by atoms with Crippen LogP contribution in [0.25, 0.3) is 0 Å². The number of hydrogen-bond acceptors (Lipinski definition) is 2. The van der Waals surface area contributed by atoms with Crippen molar-refractivity contribution in [1.29, 1.82) is 0 Å². The SMILES string of the molecule is Br.CCCC[P+](CCCC)(CCCC)CCCOc1ccccc1C=O. The maximum atomic E-state index is 11.1. The summed E-state index contributed by atoms with van der Waals surface area (Å²) in [6.07, 6.45) is 15.8. The van der Waals surface area contributed by atoms with Crippen LogP contribution in [0.2, 0.25) is 0 Å². The molecule has 0 heterocycles. The Bertz CT molecular complexity index is 457. The van der Waals surface area contributed by atoms with Gasteiger partial charge in [-0.3, -0.25) is 4.79 Å². The number of benzene rings is 1. The highest BCUT2D eigenvalue weighted by Gasteiger charge is 2.34.